The van der Waals surface area contributed by atoms with Crippen molar-refractivity contribution in [1.29, 1.82) is 0 Å². The van der Waals surface area contributed by atoms with Gasteiger partial charge in [-0.1, -0.05) is 0 Å². The Labute approximate surface area is 73.5 Å². The molecule has 0 bridgehead atoms. The van der Waals surface area contributed by atoms with Crippen LogP contribution >= 0.6 is 11.3 Å². The number of nitrogen functional groups attached to an aromatic ring is 1. The van der Waals surface area contributed by atoms with Crippen LogP contribution < -0.4 is 5.73 Å². The smallest absolute Gasteiger partial charge is 0.145 e. The number of aromatic amines is 1. The molecule has 2 rings (SSSR count). The van der Waals surface area contributed by atoms with Crippen LogP contribution in [-0.4, -0.2) is 15.2 Å². The van der Waals surface area contributed by atoms with E-state index in [0.717, 1.165) is 10.7 Å². The standard InChI is InChI=1S/C7H8N4S/c1-4-3-9-7(12-4)5-2-6(8)11-10-5/h2-3H,1H3,(H3,8,10,11). The van der Waals surface area contributed by atoms with Crippen LogP contribution in [0.5, 0.6) is 0 Å². The zero-order chi connectivity index (χ0) is 8.55. The van der Waals surface area contributed by atoms with Crippen molar-refractivity contribution in [1.82, 2.24) is 15.2 Å². The number of nitrogens with zero attached hydrogens (tertiary/aromatic N) is 2. The highest BCUT2D eigenvalue weighted by molar-refractivity contribution is 7.14. The lowest BCUT2D eigenvalue weighted by Crippen LogP contribution is -1.81. The molecule has 0 radical (unpaired) electrons. The van der Waals surface area contributed by atoms with Gasteiger partial charge >= 0.3 is 0 Å². The van der Waals surface area contributed by atoms with Crippen LogP contribution in [0.25, 0.3) is 10.7 Å². The first-order valence-corrected chi connectivity index (χ1v) is 4.31. The van der Waals surface area contributed by atoms with Crippen molar-refractivity contribution < 1.29 is 0 Å². The Bertz CT molecular complexity index is 351. The molecule has 0 fully saturated rings. The van der Waals surface area contributed by atoms with E-state index in [1.807, 2.05) is 13.1 Å². The zero-order valence-corrected chi connectivity index (χ0v) is 7.35. The van der Waals surface area contributed by atoms with Gasteiger partial charge in [0, 0.05) is 17.1 Å². The van der Waals surface area contributed by atoms with Gasteiger partial charge in [-0.05, 0) is 6.92 Å². The number of aromatic nitrogens is 3. The second-order valence-electron chi connectivity index (χ2n) is 2.48. The van der Waals surface area contributed by atoms with Crippen molar-refractivity contribution in [3.8, 4) is 10.7 Å². The Morgan fingerprint density at radius 3 is 2.92 bits per heavy atom. The summed E-state index contributed by atoms with van der Waals surface area (Å²) in [6, 6.07) is 1.78. The Hall–Kier alpha value is -1.36. The highest BCUT2D eigenvalue weighted by atomic mass is 32.1. The molecular weight excluding hydrogens is 172 g/mol. The molecule has 0 amide bonds. The molecule has 0 saturated carbocycles. The monoisotopic (exact) mass is 180 g/mol. The molecule has 2 aromatic rings. The van der Waals surface area contributed by atoms with Crippen LogP contribution in [0, 0.1) is 6.92 Å². The highest BCUT2D eigenvalue weighted by Gasteiger charge is 2.04. The molecule has 0 atom stereocenters. The van der Waals surface area contributed by atoms with Crippen LogP contribution in [0.3, 0.4) is 0 Å². The fourth-order valence-electron chi connectivity index (χ4n) is 0.926. The maximum Gasteiger partial charge on any atom is 0.145 e. The maximum atomic E-state index is 5.46. The van der Waals surface area contributed by atoms with Gasteiger partial charge in [0.2, 0.25) is 0 Å². The summed E-state index contributed by atoms with van der Waals surface area (Å²) >= 11 is 1.62. The number of rotatable bonds is 1. The van der Waals surface area contributed by atoms with Crippen molar-refractivity contribution in [2.45, 2.75) is 6.92 Å². The van der Waals surface area contributed by atoms with E-state index >= 15 is 0 Å². The number of H-pyrrole nitrogens is 1. The van der Waals surface area contributed by atoms with E-state index in [4.69, 9.17) is 5.73 Å². The molecule has 2 aromatic heterocycles. The first-order valence-electron chi connectivity index (χ1n) is 3.49. The van der Waals surface area contributed by atoms with Crippen molar-refractivity contribution >= 4 is 17.2 Å². The van der Waals surface area contributed by atoms with Crippen molar-refractivity contribution in [3.05, 3.63) is 17.1 Å². The summed E-state index contributed by atoms with van der Waals surface area (Å²) < 4.78 is 0. The Morgan fingerprint density at radius 2 is 2.42 bits per heavy atom. The predicted molar refractivity (Wildman–Crippen MR) is 48.8 cm³/mol. The van der Waals surface area contributed by atoms with E-state index in [-0.39, 0.29) is 0 Å². The molecule has 0 aliphatic heterocycles. The average Bonchev–Trinajstić information content (AvgIpc) is 2.58. The van der Waals surface area contributed by atoms with Gasteiger partial charge in [0.1, 0.15) is 10.8 Å². The minimum absolute atomic E-state index is 0.498. The molecule has 0 aliphatic rings. The quantitative estimate of drug-likeness (QED) is 0.697. The van der Waals surface area contributed by atoms with E-state index < -0.39 is 0 Å². The lowest BCUT2D eigenvalue weighted by molar-refractivity contribution is 1.10. The van der Waals surface area contributed by atoms with Gasteiger partial charge in [0.15, 0.2) is 0 Å². The van der Waals surface area contributed by atoms with Gasteiger partial charge in [-0.25, -0.2) is 4.98 Å². The summed E-state index contributed by atoms with van der Waals surface area (Å²) in [6.07, 6.45) is 1.83. The van der Waals surface area contributed by atoms with Crippen LogP contribution in [0.1, 0.15) is 4.88 Å². The van der Waals surface area contributed by atoms with Crippen molar-refractivity contribution in [3.63, 3.8) is 0 Å². The number of hydrogen-bond donors (Lipinski definition) is 2. The molecule has 0 aliphatic carbocycles. The summed E-state index contributed by atoms with van der Waals surface area (Å²) in [5.74, 6) is 0.498. The second-order valence-corrected chi connectivity index (χ2v) is 3.72. The number of thiazole rings is 1. The van der Waals surface area contributed by atoms with E-state index in [1.165, 1.54) is 4.88 Å². The summed E-state index contributed by atoms with van der Waals surface area (Å²) in [6.45, 7) is 2.01. The summed E-state index contributed by atoms with van der Waals surface area (Å²) in [4.78, 5) is 5.37. The fraction of sp³-hybridized carbons (Fsp3) is 0.143. The molecule has 2 heterocycles. The molecule has 3 N–H and O–H groups in total. The van der Waals surface area contributed by atoms with Gasteiger partial charge in [-0.2, -0.15) is 5.10 Å². The van der Waals surface area contributed by atoms with E-state index in [2.05, 4.69) is 15.2 Å². The molecule has 5 heteroatoms. The minimum Gasteiger partial charge on any atom is -0.382 e. The van der Waals surface area contributed by atoms with Gasteiger partial charge in [-0.3, -0.25) is 5.10 Å². The summed E-state index contributed by atoms with van der Waals surface area (Å²) in [5, 5.41) is 7.56. The molecule has 0 unspecified atom stereocenters. The van der Waals surface area contributed by atoms with E-state index in [1.54, 1.807) is 17.4 Å². The average molecular weight is 180 g/mol. The lowest BCUT2D eigenvalue weighted by Gasteiger charge is -1.84. The first-order chi connectivity index (χ1) is 5.75. The number of nitrogens with two attached hydrogens (primary N) is 1. The van der Waals surface area contributed by atoms with Crippen molar-refractivity contribution in [2.75, 3.05) is 5.73 Å². The second kappa shape index (κ2) is 2.60. The molecule has 62 valence electrons. The summed E-state index contributed by atoms with van der Waals surface area (Å²) in [5.41, 5.74) is 6.34. The van der Waals surface area contributed by atoms with Crippen LogP contribution in [0.2, 0.25) is 0 Å². The molecule has 0 aromatic carbocycles. The van der Waals surface area contributed by atoms with E-state index in [9.17, 15) is 0 Å². The molecule has 4 nitrogen and oxygen atoms in total. The van der Waals surface area contributed by atoms with Gasteiger partial charge in [-0.15, -0.1) is 11.3 Å². The SMILES string of the molecule is Cc1cnc(-c2cc(N)n[nH]2)s1. The highest BCUT2D eigenvalue weighted by Crippen LogP contribution is 2.23. The van der Waals surface area contributed by atoms with Crippen molar-refractivity contribution in [2.24, 2.45) is 0 Å². The largest absolute Gasteiger partial charge is 0.382 e. The fourth-order valence-corrected chi connectivity index (χ4v) is 1.66. The third kappa shape index (κ3) is 1.18. The topological polar surface area (TPSA) is 67.6 Å². The zero-order valence-electron chi connectivity index (χ0n) is 6.53. The van der Waals surface area contributed by atoms with Gasteiger partial charge < -0.3 is 5.73 Å². The van der Waals surface area contributed by atoms with Gasteiger partial charge in [0.05, 0.1) is 5.69 Å². The summed E-state index contributed by atoms with van der Waals surface area (Å²) in [7, 11) is 0. The number of anilines is 1. The Kier molecular flexibility index (Phi) is 1.58. The van der Waals surface area contributed by atoms with E-state index in [0.29, 0.717) is 5.82 Å². The minimum atomic E-state index is 0.498. The third-order valence-electron chi connectivity index (χ3n) is 1.45. The lowest BCUT2D eigenvalue weighted by atomic mass is 10.4. The normalized spacial score (nSPS) is 10.4. The number of hydrogen-bond acceptors (Lipinski definition) is 4. The number of nitrogens with one attached hydrogen (secondary N) is 1. The van der Waals surface area contributed by atoms with Crippen LogP contribution in [-0.2, 0) is 0 Å². The molecular formula is C7H8N4S. The first kappa shape index (κ1) is 7.30. The Morgan fingerprint density at radius 1 is 1.58 bits per heavy atom. The maximum absolute atomic E-state index is 5.46. The Balaban J connectivity index is 2.43. The third-order valence-corrected chi connectivity index (χ3v) is 2.40. The molecule has 12 heavy (non-hydrogen) atoms. The predicted octanol–water partition coefficient (Wildman–Crippen LogP) is 1.42. The van der Waals surface area contributed by atoms with Crippen LogP contribution in [0.15, 0.2) is 12.3 Å². The molecule has 0 saturated heterocycles. The van der Waals surface area contributed by atoms with Gasteiger partial charge in [0.25, 0.3) is 0 Å². The molecule has 0 spiro atoms. The van der Waals surface area contributed by atoms with Crippen LogP contribution in [0.4, 0.5) is 5.82 Å². The number of aryl methyl sites for hydroxylation is 1.